The van der Waals surface area contributed by atoms with Crippen LogP contribution in [0.5, 0.6) is 0 Å². The van der Waals surface area contributed by atoms with Gasteiger partial charge in [-0.3, -0.25) is 0 Å². The van der Waals surface area contributed by atoms with Crippen LogP contribution in [-0.2, 0) is 13.0 Å². The highest BCUT2D eigenvalue weighted by atomic mass is 32.1. The van der Waals surface area contributed by atoms with Crippen molar-refractivity contribution in [1.29, 1.82) is 0 Å². The average Bonchev–Trinajstić information content (AvgIpc) is 3.52. The van der Waals surface area contributed by atoms with Crippen molar-refractivity contribution in [3.8, 4) is 11.1 Å². The normalized spacial score (nSPS) is 16.4. The summed E-state index contributed by atoms with van der Waals surface area (Å²) in [6.45, 7) is 1.71. The molecule has 4 aromatic rings. The van der Waals surface area contributed by atoms with E-state index in [4.69, 9.17) is 9.97 Å². The molecular formula is C22H19N5S. The van der Waals surface area contributed by atoms with E-state index >= 15 is 0 Å². The van der Waals surface area contributed by atoms with Crippen molar-refractivity contribution in [1.82, 2.24) is 19.9 Å². The first-order valence-electron chi connectivity index (χ1n) is 9.74. The number of thiophene rings is 1. The third-order valence-corrected chi connectivity index (χ3v) is 6.50. The lowest BCUT2D eigenvalue weighted by Gasteiger charge is -2.29. The smallest absolute Gasteiger partial charge is 0.142 e. The SMILES string of the molecule is c1ccc(-c2csc3nc(C4CC4)nc(N4CCc5cncnc5C4)c23)cc1. The van der Waals surface area contributed by atoms with Gasteiger partial charge in [-0.05, 0) is 30.4 Å². The molecule has 5 nitrogen and oxygen atoms in total. The number of hydrogen-bond acceptors (Lipinski definition) is 6. The Morgan fingerprint density at radius 3 is 2.82 bits per heavy atom. The Hall–Kier alpha value is -2.86. The second kappa shape index (κ2) is 6.34. The van der Waals surface area contributed by atoms with Gasteiger partial charge in [0.2, 0.25) is 0 Å². The first kappa shape index (κ1) is 16.1. The van der Waals surface area contributed by atoms with Crippen LogP contribution >= 0.6 is 11.3 Å². The lowest BCUT2D eigenvalue weighted by molar-refractivity contribution is 0.693. The summed E-state index contributed by atoms with van der Waals surface area (Å²) in [6.07, 6.45) is 6.96. The fraction of sp³-hybridized carbons (Fsp3) is 0.273. The fourth-order valence-electron chi connectivity index (χ4n) is 3.95. The number of hydrogen-bond donors (Lipinski definition) is 0. The van der Waals surface area contributed by atoms with Gasteiger partial charge in [-0.25, -0.2) is 19.9 Å². The number of nitrogens with zero attached hydrogens (tertiary/aromatic N) is 5. The molecular weight excluding hydrogens is 366 g/mol. The molecule has 0 unspecified atom stereocenters. The maximum atomic E-state index is 5.10. The molecule has 28 heavy (non-hydrogen) atoms. The van der Waals surface area contributed by atoms with Crippen molar-refractivity contribution in [2.75, 3.05) is 11.4 Å². The standard InChI is InChI=1S/C22H19N5S/c1-2-4-14(5-3-1)17-12-28-22-19(17)21(25-20(26-22)15-6-7-15)27-9-8-16-10-23-13-24-18(16)11-27/h1-5,10,12-13,15H,6-9,11H2. The van der Waals surface area contributed by atoms with E-state index in [1.54, 1.807) is 17.7 Å². The second-order valence-corrected chi connectivity index (χ2v) is 8.40. The highest BCUT2D eigenvalue weighted by molar-refractivity contribution is 7.17. The molecule has 0 bridgehead atoms. The maximum Gasteiger partial charge on any atom is 0.142 e. The van der Waals surface area contributed by atoms with E-state index in [0.717, 1.165) is 41.7 Å². The molecule has 1 aromatic carbocycles. The summed E-state index contributed by atoms with van der Waals surface area (Å²) in [6, 6.07) is 10.6. The minimum absolute atomic E-state index is 0.532. The second-order valence-electron chi connectivity index (χ2n) is 7.54. The van der Waals surface area contributed by atoms with Crippen LogP contribution in [0.25, 0.3) is 21.3 Å². The van der Waals surface area contributed by atoms with Crippen molar-refractivity contribution in [2.24, 2.45) is 0 Å². The minimum atomic E-state index is 0.532. The fourth-order valence-corrected chi connectivity index (χ4v) is 4.90. The lowest BCUT2D eigenvalue weighted by atomic mass is 10.0. The van der Waals surface area contributed by atoms with Crippen LogP contribution in [0.4, 0.5) is 5.82 Å². The van der Waals surface area contributed by atoms with Gasteiger partial charge in [0.15, 0.2) is 0 Å². The summed E-state index contributed by atoms with van der Waals surface area (Å²) in [7, 11) is 0. The van der Waals surface area contributed by atoms with Crippen molar-refractivity contribution in [3.63, 3.8) is 0 Å². The molecule has 1 aliphatic heterocycles. The first-order chi connectivity index (χ1) is 13.9. The Labute approximate surface area is 167 Å². The summed E-state index contributed by atoms with van der Waals surface area (Å²) in [5.74, 6) is 2.61. The Balaban J connectivity index is 1.53. The van der Waals surface area contributed by atoms with Gasteiger partial charge in [-0.2, -0.15) is 0 Å². The topological polar surface area (TPSA) is 54.8 Å². The third-order valence-electron chi connectivity index (χ3n) is 5.63. The van der Waals surface area contributed by atoms with Crippen LogP contribution in [0.2, 0.25) is 0 Å². The summed E-state index contributed by atoms with van der Waals surface area (Å²) in [5, 5.41) is 3.41. The first-order valence-corrected chi connectivity index (χ1v) is 10.6. The molecule has 0 N–H and O–H groups in total. The molecule has 138 valence electrons. The van der Waals surface area contributed by atoms with Crippen LogP contribution in [0.1, 0.15) is 35.8 Å². The maximum absolute atomic E-state index is 5.10. The van der Waals surface area contributed by atoms with E-state index in [0.29, 0.717) is 5.92 Å². The zero-order valence-corrected chi connectivity index (χ0v) is 16.2. The quantitative estimate of drug-likeness (QED) is 0.516. The molecule has 1 fully saturated rings. The van der Waals surface area contributed by atoms with Crippen LogP contribution in [0, 0.1) is 0 Å². The van der Waals surface area contributed by atoms with Gasteiger partial charge in [0.05, 0.1) is 17.6 Å². The van der Waals surface area contributed by atoms with E-state index in [2.05, 4.69) is 50.6 Å². The molecule has 6 heteroatoms. The average molecular weight is 385 g/mol. The summed E-state index contributed by atoms with van der Waals surface area (Å²) >= 11 is 1.73. The van der Waals surface area contributed by atoms with E-state index in [9.17, 15) is 0 Å². The van der Waals surface area contributed by atoms with Crippen molar-refractivity contribution in [2.45, 2.75) is 31.7 Å². The van der Waals surface area contributed by atoms with E-state index < -0.39 is 0 Å². The predicted molar refractivity (Wildman–Crippen MR) is 112 cm³/mol. The molecule has 0 atom stereocenters. The molecule has 6 rings (SSSR count). The molecule has 2 aliphatic rings. The number of aromatic nitrogens is 4. The van der Waals surface area contributed by atoms with Gasteiger partial charge in [0.25, 0.3) is 0 Å². The van der Waals surface area contributed by atoms with Crippen LogP contribution in [0.3, 0.4) is 0 Å². The molecule has 1 aliphatic carbocycles. The number of rotatable bonds is 3. The Morgan fingerprint density at radius 1 is 1.07 bits per heavy atom. The molecule has 4 heterocycles. The van der Waals surface area contributed by atoms with Crippen molar-refractivity contribution < 1.29 is 0 Å². The monoisotopic (exact) mass is 385 g/mol. The van der Waals surface area contributed by atoms with Crippen molar-refractivity contribution >= 4 is 27.4 Å². The molecule has 0 saturated heterocycles. The molecule has 0 radical (unpaired) electrons. The largest absolute Gasteiger partial charge is 0.350 e. The molecule has 3 aromatic heterocycles. The summed E-state index contributed by atoms with van der Waals surface area (Å²) in [4.78, 5) is 22.2. The van der Waals surface area contributed by atoms with E-state index in [1.165, 1.54) is 34.9 Å². The zero-order chi connectivity index (χ0) is 18.5. The van der Waals surface area contributed by atoms with Gasteiger partial charge in [0.1, 0.15) is 22.8 Å². The van der Waals surface area contributed by atoms with Gasteiger partial charge in [-0.1, -0.05) is 30.3 Å². The molecule has 0 amide bonds. The Morgan fingerprint density at radius 2 is 1.96 bits per heavy atom. The zero-order valence-electron chi connectivity index (χ0n) is 15.4. The number of benzene rings is 1. The highest BCUT2D eigenvalue weighted by Crippen LogP contribution is 2.44. The van der Waals surface area contributed by atoms with Gasteiger partial charge < -0.3 is 4.90 Å². The van der Waals surface area contributed by atoms with Gasteiger partial charge >= 0.3 is 0 Å². The lowest BCUT2D eigenvalue weighted by Crippen LogP contribution is -2.32. The Kier molecular flexibility index (Phi) is 3.65. The number of fused-ring (bicyclic) bond motifs is 2. The highest BCUT2D eigenvalue weighted by Gasteiger charge is 2.30. The third kappa shape index (κ3) is 2.67. The number of anilines is 1. The van der Waals surface area contributed by atoms with E-state index in [-0.39, 0.29) is 0 Å². The van der Waals surface area contributed by atoms with Crippen LogP contribution < -0.4 is 4.90 Å². The van der Waals surface area contributed by atoms with Crippen molar-refractivity contribution in [3.05, 3.63) is 65.3 Å². The molecule has 1 saturated carbocycles. The minimum Gasteiger partial charge on any atom is -0.350 e. The molecule has 0 spiro atoms. The van der Waals surface area contributed by atoms with Gasteiger partial charge in [0, 0.05) is 29.6 Å². The Bertz CT molecular complexity index is 1170. The van der Waals surface area contributed by atoms with E-state index in [1.807, 2.05) is 6.20 Å². The summed E-state index contributed by atoms with van der Waals surface area (Å²) < 4.78 is 0. The van der Waals surface area contributed by atoms with Crippen LogP contribution in [-0.4, -0.2) is 26.5 Å². The summed E-state index contributed by atoms with van der Waals surface area (Å²) in [5.41, 5.74) is 4.81. The van der Waals surface area contributed by atoms with Gasteiger partial charge in [-0.15, -0.1) is 11.3 Å². The van der Waals surface area contributed by atoms with Crippen LogP contribution in [0.15, 0.2) is 48.2 Å². The predicted octanol–water partition coefficient (Wildman–Crippen LogP) is 4.59.